The highest BCUT2D eigenvalue weighted by Gasteiger charge is 2.37. The largest absolute Gasteiger partial charge is 0.297 e. The minimum Gasteiger partial charge on any atom is -0.297 e. The van der Waals surface area contributed by atoms with Crippen LogP contribution in [0.3, 0.4) is 0 Å². The summed E-state index contributed by atoms with van der Waals surface area (Å²) < 4.78 is 28.5. The molecule has 0 N–H and O–H groups in total. The van der Waals surface area contributed by atoms with Crippen LogP contribution in [0, 0.1) is 0 Å². The number of aldehydes is 1. The Bertz CT molecular complexity index is 1430. The van der Waals surface area contributed by atoms with Crippen molar-refractivity contribution >= 4 is 62.4 Å². The van der Waals surface area contributed by atoms with Crippen molar-refractivity contribution in [1.29, 1.82) is 0 Å². The molecule has 0 fully saturated rings. The molecule has 2 aliphatic rings. The minimum absolute atomic E-state index is 0.0215. The summed E-state index contributed by atoms with van der Waals surface area (Å²) in [5, 5.41) is 1.67. The number of thiophene rings is 1. The number of hydrogen-bond donors (Lipinski definition) is 0. The van der Waals surface area contributed by atoms with Gasteiger partial charge in [0.15, 0.2) is 6.29 Å². The smallest absolute Gasteiger partial charge is 0.266 e. The summed E-state index contributed by atoms with van der Waals surface area (Å²) in [7, 11) is -3.98. The second-order valence-electron chi connectivity index (χ2n) is 7.75. The molecule has 7 nitrogen and oxygen atoms in total. The quantitative estimate of drug-likeness (QED) is 0.397. The van der Waals surface area contributed by atoms with Gasteiger partial charge < -0.3 is 0 Å². The number of anilines is 2. The molecule has 3 heterocycles. The van der Waals surface area contributed by atoms with Crippen molar-refractivity contribution in [2.24, 2.45) is 0 Å². The lowest BCUT2D eigenvalue weighted by Gasteiger charge is -2.31. The first kappa shape index (κ1) is 21.8. The molecule has 2 aromatic carbocycles. The van der Waals surface area contributed by atoms with E-state index in [0.717, 1.165) is 28.2 Å². The molecule has 10 heteroatoms. The number of sulfonamides is 1. The molecular formula is C23H17ClN2O5S2. The van der Waals surface area contributed by atoms with E-state index in [4.69, 9.17) is 11.6 Å². The third kappa shape index (κ3) is 3.47. The van der Waals surface area contributed by atoms with Crippen LogP contribution >= 0.6 is 22.9 Å². The summed E-state index contributed by atoms with van der Waals surface area (Å²) in [4.78, 5) is 38.4. The van der Waals surface area contributed by atoms with Crippen LogP contribution in [0.1, 0.15) is 37.6 Å². The summed E-state index contributed by atoms with van der Waals surface area (Å²) in [6.07, 6.45) is 1.95. The number of hydrogen-bond acceptors (Lipinski definition) is 6. The van der Waals surface area contributed by atoms with Crippen molar-refractivity contribution in [3.05, 3.63) is 74.4 Å². The fourth-order valence-corrected chi connectivity index (χ4v) is 6.91. The van der Waals surface area contributed by atoms with Crippen LogP contribution in [0.5, 0.6) is 0 Å². The van der Waals surface area contributed by atoms with Crippen LogP contribution < -0.4 is 9.21 Å². The van der Waals surface area contributed by atoms with Gasteiger partial charge in [-0.1, -0.05) is 29.8 Å². The van der Waals surface area contributed by atoms with E-state index in [1.165, 1.54) is 22.5 Å². The molecule has 0 saturated heterocycles. The Labute approximate surface area is 199 Å². The lowest BCUT2D eigenvalue weighted by atomic mass is 10.0. The van der Waals surface area contributed by atoms with Crippen molar-refractivity contribution in [2.45, 2.75) is 24.2 Å². The summed E-state index contributed by atoms with van der Waals surface area (Å²) in [6, 6.07) is 11.3. The van der Waals surface area contributed by atoms with Gasteiger partial charge in [0.1, 0.15) is 0 Å². The van der Waals surface area contributed by atoms with E-state index in [1.54, 1.807) is 17.5 Å². The number of amides is 2. The topological polar surface area (TPSA) is 91.8 Å². The van der Waals surface area contributed by atoms with Gasteiger partial charge in [-0.05, 0) is 53.6 Å². The van der Waals surface area contributed by atoms with Gasteiger partial charge in [0, 0.05) is 6.54 Å². The zero-order valence-corrected chi connectivity index (χ0v) is 19.5. The third-order valence-corrected chi connectivity index (χ3v) is 8.91. The number of rotatable bonds is 4. The number of benzene rings is 2. The highest BCUT2D eigenvalue weighted by molar-refractivity contribution is 7.92. The summed E-state index contributed by atoms with van der Waals surface area (Å²) in [5.74, 6) is -1.23. The van der Waals surface area contributed by atoms with Crippen molar-refractivity contribution < 1.29 is 22.8 Å². The number of imide groups is 1. The van der Waals surface area contributed by atoms with Crippen LogP contribution in [0.15, 0.2) is 52.7 Å². The van der Waals surface area contributed by atoms with Gasteiger partial charge in [-0.2, -0.15) is 0 Å². The molecule has 5 rings (SSSR count). The molecule has 1 aromatic heterocycles. The van der Waals surface area contributed by atoms with Crippen molar-refractivity contribution in [3.8, 4) is 0 Å². The average Bonchev–Trinajstić information content (AvgIpc) is 3.22. The van der Waals surface area contributed by atoms with E-state index < -0.39 is 21.8 Å². The molecular weight excluding hydrogens is 484 g/mol. The number of para-hydroxylation sites is 1. The fraction of sp³-hybridized carbons (Fsp3) is 0.174. The predicted molar refractivity (Wildman–Crippen MR) is 126 cm³/mol. The Morgan fingerprint density at radius 3 is 2.61 bits per heavy atom. The summed E-state index contributed by atoms with van der Waals surface area (Å²) in [5.41, 5.74) is 2.17. The molecule has 0 atom stereocenters. The molecule has 168 valence electrons. The van der Waals surface area contributed by atoms with E-state index in [-0.39, 0.29) is 32.5 Å². The average molecular weight is 501 g/mol. The lowest BCUT2D eigenvalue weighted by molar-refractivity contribution is -0.117. The van der Waals surface area contributed by atoms with Gasteiger partial charge in [0.05, 0.1) is 38.2 Å². The standard InChI is InChI=1S/C23H17ClN2O5S2/c24-17-8-7-16(33(30,31)25-9-3-5-14-4-1-2-6-18(14)25)11-19(17)26-21(28)10-15-13-32-20(12-27)22(15)23(26)29/h1-2,4,6-8,11-13H,3,5,9-10H2. The number of aryl methyl sites for hydroxylation is 1. The fourth-order valence-electron chi connectivity index (χ4n) is 4.28. The van der Waals surface area contributed by atoms with Crippen molar-refractivity contribution in [3.63, 3.8) is 0 Å². The first-order chi connectivity index (χ1) is 15.8. The molecule has 0 bridgehead atoms. The second-order valence-corrected chi connectivity index (χ2v) is 10.9. The van der Waals surface area contributed by atoms with Crippen LogP contribution in [0.4, 0.5) is 11.4 Å². The van der Waals surface area contributed by atoms with Gasteiger partial charge in [0.25, 0.3) is 15.9 Å². The maximum absolute atomic E-state index is 13.6. The SMILES string of the molecule is O=Cc1scc2c1C(=O)N(c1cc(S(=O)(=O)N3CCCc4ccccc43)ccc1Cl)C(=O)C2. The Morgan fingerprint density at radius 2 is 1.82 bits per heavy atom. The van der Waals surface area contributed by atoms with Gasteiger partial charge in [-0.3, -0.25) is 18.7 Å². The first-order valence-corrected chi connectivity index (χ1v) is 12.9. The van der Waals surface area contributed by atoms with Gasteiger partial charge >= 0.3 is 0 Å². The molecule has 0 saturated carbocycles. The molecule has 0 unspecified atom stereocenters. The minimum atomic E-state index is -3.98. The normalized spacial score (nSPS) is 15.9. The van der Waals surface area contributed by atoms with Crippen LogP contribution in [-0.2, 0) is 27.7 Å². The maximum Gasteiger partial charge on any atom is 0.266 e. The number of halogens is 1. The van der Waals surface area contributed by atoms with Crippen molar-refractivity contribution in [1.82, 2.24) is 0 Å². The van der Waals surface area contributed by atoms with Crippen LogP contribution in [-0.4, -0.2) is 33.1 Å². The summed E-state index contributed by atoms with van der Waals surface area (Å²) in [6.45, 7) is 0.319. The molecule has 3 aromatic rings. The number of carbonyl (C=O) groups excluding carboxylic acids is 3. The van der Waals surface area contributed by atoms with Crippen LogP contribution in [0.2, 0.25) is 5.02 Å². The van der Waals surface area contributed by atoms with E-state index in [0.29, 0.717) is 30.5 Å². The number of fused-ring (bicyclic) bond motifs is 2. The predicted octanol–water partition coefficient (Wildman–Crippen LogP) is 4.09. The molecule has 0 radical (unpaired) electrons. The molecule has 2 aliphatic heterocycles. The van der Waals surface area contributed by atoms with E-state index in [1.807, 2.05) is 12.1 Å². The zero-order valence-electron chi connectivity index (χ0n) is 17.2. The van der Waals surface area contributed by atoms with Gasteiger partial charge in [-0.25, -0.2) is 13.3 Å². The first-order valence-electron chi connectivity index (χ1n) is 10.2. The van der Waals surface area contributed by atoms with E-state index in [2.05, 4.69) is 0 Å². The van der Waals surface area contributed by atoms with E-state index in [9.17, 15) is 22.8 Å². The Balaban J connectivity index is 1.59. The number of nitrogens with zero attached hydrogens (tertiary/aromatic N) is 2. The molecule has 0 aliphatic carbocycles. The highest BCUT2D eigenvalue weighted by Crippen LogP contribution is 2.37. The van der Waals surface area contributed by atoms with Crippen LogP contribution in [0.25, 0.3) is 0 Å². The van der Waals surface area contributed by atoms with Crippen molar-refractivity contribution in [2.75, 3.05) is 15.7 Å². The molecule has 2 amide bonds. The van der Waals surface area contributed by atoms with E-state index >= 15 is 0 Å². The molecule has 0 spiro atoms. The maximum atomic E-state index is 13.6. The lowest BCUT2D eigenvalue weighted by Crippen LogP contribution is -2.42. The molecule has 33 heavy (non-hydrogen) atoms. The second kappa shape index (κ2) is 8.09. The highest BCUT2D eigenvalue weighted by atomic mass is 35.5. The summed E-state index contributed by atoms with van der Waals surface area (Å²) >= 11 is 7.42. The van der Waals surface area contributed by atoms with Gasteiger partial charge in [-0.15, -0.1) is 11.3 Å². The Hall–Kier alpha value is -3.01. The Kier molecular flexibility index (Phi) is 5.35. The zero-order chi connectivity index (χ0) is 23.3. The number of carbonyl (C=O) groups is 3. The third-order valence-electron chi connectivity index (χ3n) is 5.82. The van der Waals surface area contributed by atoms with Gasteiger partial charge in [0.2, 0.25) is 5.91 Å². The monoisotopic (exact) mass is 500 g/mol. The Morgan fingerprint density at radius 1 is 1.03 bits per heavy atom.